The molecule has 43 heavy (non-hydrogen) atoms. The van der Waals surface area contributed by atoms with Gasteiger partial charge in [-0.3, -0.25) is 4.98 Å². The molecular formula is C32H26Cl2N8O. The fourth-order valence-corrected chi connectivity index (χ4v) is 5.65. The first-order valence-corrected chi connectivity index (χ1v) is 14.5. The summed E-state index contributed by atoms with van der Waals surface area (Å²) in [5, 5.41) is 36.9. The molecule has 1 saturated heterocycles. The van der Waals surface area contributed by atoms with E-state index in [1.54, 1.807) is 6.07 Å². The topological polar surface area (TPSA) is 124 Å². The van der Waals surface area contributed by atoms with Crippen molar-refractivity contribution in [1.29, 1.82) is 10.5 Å². The van der Waals surface area contributed by atoms with Crippen LogP contribution < -0.4 is 10.6 Å². The van der Waals surface area contributed by atoms with Crippen molar-refractivity contribution >= 4 is 45.5 Å². The highest BCUT2D eigenvalue weighted by molar-refractivity contribution is 6.36. The van der Waals surface area contributed by atoms with Gasteiger partial charge < -0.3 is 15.4 Å². The van der Waals surface area contributed by atoms with Crippen molar-refractivity contribution in [3.05, 3.63) is 112 Å². The number of nitrogens with zero attached hydrogens (tertiary/aromatic N) is 6. The lowest BCUT2D eigenvalue weighted by atomic mass is 10.00. The number of hydrogen-bond acceptors (Lipinski definition) is 8. The summed E-state index contributed by atoms with van der Waals surface area (Å²) < 4.78 is 7.14. The summed E-state index contributed by atoms with van der Waals surface area (Å²) in [5.41, 5.74) is 4.69. The van der Waals surface area contributed by atoms with Gasteiger partial charge in [-0.15, -0.1) is 5.10 Å². The van der Waals surface area contributed by atoms with Crippen molar-refractivity contribution in [1.82, 2.24) is 20.0 Å². The van der Waals surface area contributed by atoms with Crippen LogP contribution in [0.3, 0.4) is 0 Å². The number of halogens is 2. The lowest BCUT2D eigenvalue weighted by Gasteiger charge is -2.25. The molecule has 0 amide bonds. The van der Waals surface area contributed by atoms with E-state index in [-0.39, 0.29) is 12.1 Å². The van der Waals surface area contributed by atoms with Crippen LogP contribution in [0.15, 0.2) is 79.1 Å². The average molecular weight is 610 g/mol. The van der Waals surface area contributed by atoms with Crippen molar-refractivity contribution in [2.45, 2.75) is 31.0 Å². The smallest absolute Gasteiger partial charge is 0.110 e. The predicted octanol–water partition coefficient (Wildman–Crippen LogP) is 7.23. The first kappa shape index (κ1) is 28.4. The number of pyridine rings is 1. The van der Waals surface area contributed by atoms with E-state index in [2.05, 4.69) is 38.1 Å². The zero-order valence-corrected chi connectivity index (χ0v) is 24.4. The molecule has 0 bridgehead atoms. The molecule has 1 aliphatic heterocycles. The molecule has 214 valence electrons. The van der Waals surface area contributed by atoms with E-state index in [0.717, 1.165) is 11.1 Å². The molecule has 2 atom stereocenters. The van der Waals surface area contributed by atoms with Crippen LogP contribution in [0.4, 0.5) is 11.4 Å². The van der Waals surface area contributed by atoms with Gasteiger partial charge in [0.25, 0.3) is 0 Å². The summed E-state index contributed by atoms with van der Waals surface area (Å²) in [5.74, 6) is 0. The molecule has 11 heteroatoms. The molecule has 6 rings (SSSR count). The maximum Gasteiger partial charge on any atom is 0.110 e. The summed E-state index contributed by atoms with van der Waals surface area (Å²) >= 11 is 13.5. The maximum absolute atomic E-state index is 10.0. The van der Waals surface area contributed by atoms with Gasteiger partial charge in [-0.25, -0.2) is 4.68 Å². The first-order chi connectivity index (χ1) is 21.1. The van der Waals surface area contributed by atoms with Gasteiger partial charge in [0.1, 0.15) is 17.8 Å². The summed E-state index contributed by atoms with van der Waals surface area (Å²) in [7, 11) is 0. The molecule has 2 aromatic heterocycles. The fourth-order valence-electron chi connectivity index (χ4n) is 5.14. The minimum atomic E-state index is -0.451. The number of benzene rings is 3. The molecule has 3 heterocycles. The Balaban J connectivity index is 1.43. The van der Waals surface area contributed by atoms with Gasteiger partial charge in [0, 0.05) is 28.7 Å². The van der Waals surface area contributed by atoms with Gasteiger partial charge in [-0.05, 0) is 35.7 Å². The third-order valence-corrected chi connectivity index (χ3v) is 8.09. The van der Waals surface area contributed by atoms with Gasteiger partial charge in [0.05, 0.1) is 59.4 Å². The molecule has 0 radical (unpaired) electrons. The van der Waals surface area contributed by atoms with Crippen LogP contribution in [0.25, 0.3) is 10.9 Å². The molecule has 5 aromatic rings. The second-order valence-electron chi connectivity index (χ2n) is 10.2. The molecule has 9 nitrogen and oxygen atoms in total. The standard InChI is InChI=1S/C32H26Cl2N8O/c33-26-10-5-4-9-24(26)32(29-17-42(41-40-29)23-18-43-19-23)38-22-13-25-30(21(15-36)16-37-31(25)27(34)14-22)39-28(11-6-12-35)20-7-2-1-3-8-20/h1-5,7-10,13-14,16-17,23,28,32,38H,6,11,18-19H2,(H,37,39). The Hall–Kier alpha value is -4.67. The van der Waals surface area contributed by atoms with Crippen LogP contribution in [0.1, 0.15) is 53.4 Å². The van der Waals surface area contributed by atoms with E-state index in [4.69, 9.17) is 27.9 Å². The largest absolute Gasteiger partial charge is 0.377 e. The van der Waals surface area contributed by atoms with Crippen molar-refractivity contribution in [3.63, 3.8) is 0 Å². The van der Waals surface area contributed by atoms with Gasteiger partial charge in [0.2, 0.25) is 0 Å². The van der Waals surface area contributed by atoms with E-state index >= 15 is 0 Å². The zero-order valence-electron chi connectivity index (χ0n) is 22.9. The molecule has 1 fully saturated rings. The van der Waals surface area contributed by atoms with E-state index in [1.165, 1.54) is 6.20 Å². The van der Waals surface area contributed by atoms with Gasteiger partial charge in [-0.1, -0.05) is 76.9 Å². The molecule has 1 aliphatic rings. The summed E-state index contributed by atoms with van der Waals surface area (Å²) in [6, 6.07) is 25.1. The highest BCUT2D eigenvalue weighted by Crippen LogP contribution is 2.38. The highest BCUT2D eigenvalue weighted by Gasteiger charge is 2.26. The lowest BCUT2D eigenvalue weighted by Crippen LogP contribution is -2.31. The number of aromatic nitrogens is 4. The van der Waals surface area contributed by atoms with Crippen LogP contribution >= 0.6 is 23.2 Å². The molecular weight excluding hydrogens is 583 g/mol. The Kier molecular flexibility index (Phi) is 8.39. The molecule has 2 unspecified atom stereocenters. The molecule has 3 aromatic carbocycles. The molecule has 0 aliphatic carbocycles. The Morgan fingerprint density at radius 1 is 1.00 bits per heavy atom. The van der Waals surface area contributed by atoms with Crippen LogP contribution in [0.5, 0.6) is 0 Å². The molecule has 0 saturated carbocycles. The number of nitriles is 2. The number of rotatable bonds is 10. The van der Waals surface area contributed by atoms with E-state index in [0.29, 0.717) is 69.6 Å². The molecule has 2 N–H and O–H groups in total. The number of anilines is 2. The van der Waals surface area contributed by atoms with E-state index in [1.807, 2.05) is 71.5 Å². The lowest BCUT2D eigenvalue weighted by molar-refractivity contribution is -0.0293. The van der Waals surface area contributed by atoms with Crippen molar-refractivity contribution in [2.24, 2.45) is 0 Å². The summed E-state index contributed by atoms with van der Waals surface area (Å²) in [6.45, 7) is 1.19. The zero-order chi connectivity index (χ0) is 29.8. The third-order valence-electron chi connectivity index (χ3n) is 7.46. The quantitative estimate of drug-likeness (QED) is 0.170. The normalized spacial score (nSPS) is 14.3. The summed E-state index contributed by atoms with van der Waals surface area (Å²) in [6.07, 6.45) is 4.32. The maximum atomic E-state index is 10.0. The number of nitrogens with one attached hydrogen (secondary N) is 2. The van der Waals surface area contributed by atoms with Crippen LogP contribution in [0.2, 0.25) is 10.0 Å². The van der Waals surface area contributed by atoms with Gasteiger partial charge in [-0.2, -0.15) is 10.5 Å². The van der Waals surface area contributed by atoms with E-state index in [9.17, 15) is 10.5 Å². The predicted molar refractivity (Wildman–Crippen MR) is 166 cm³/mol. The fraction of sp³-hybridized carbons (Fsp3) is 0.219. The van der Waals surface area contributed by atoms with Crippen LogP contribution in [-0.2, 0) is 4.74 Å². The van der Waals surface area contributed by atoms with Crippen molar-refractivity contribution in [2.75, 3.05) is 23.8 Å². The minimum absolute atomic E-state index is 0.144. The monoisotopic (exact) mass is 608 g/mol. The number of fused-ring (bicyclic) bond motifs is 1. The van der Waals surface area contributed by atoms with Gasteiger partial charge in [0.15, 0.2) is 0 Å². The number of ether oxygens (including phenoxy) is 1. The SMILES string of the molecule is N#CCCC(Nc1c(C#N)cnc2c(Cl)cc(NC(c3cn(C4COC4)nn3)c3ccccc3Cl)cc12)c1ccccc1. The Labute approximate surface area is 258 Å². The number of hydrogen-bond donors (Lipinski definition) is 2. The second-order valence-corrected chi connectivity index (χ2v) is 11.0. The molecule has 0 spiro atoms. The van der Waals surface area contributed by atoms with E-state index < -0.39 is 6.04 Å². The highest BCUT2D eigenvalue weighted by atomic mass is 35.5. The van der Waals surface area contributed by atoms with Crippen LogP contribution in [0, 0.1) is 22.7 Å². The van der Waals surface area contributed by atoms with Crippen molar-refractivity contribution in [3.8, 4) is 12.1 Å². The Bertz CT molecular complexity index is 1840. The Morgan fingerprint density at radius 2 is 1.79 bits per heavy atom. The second kappa shape index (κ2) is 12.7. The third kappa shape index (κ3) is 5.97. The first-order valence-electron chi connectivity index (χ1n) is 13.8. The van der Waals surface area contributed by atoms with Crippen molar-refractivity contribution < 1.29 is 4.74 Å². The summed E-state index contributed by atoms with van der Waals surface area (Å²) in [4.78, 5) is 4.51. The van der Waals surface area contributed by atoms with Gasteiger partial charge >= 0.3 is 0 Å². The van der Waals surface area contributed by atoms with Crippen LogP contribution in [-0.4, -0.2) is 33.2 Å². The average Bonchev–Trinajstić information content (AvgIpc) is 3.47. The Morgan fingerprint density at radius 3 is 2.51 bits per heavy atom. The minimum Gasteiger partial charge on any atom is -0.377 e.